The smallest absolute Gasteiger partial charge is 0.261 e. The van der Waals surface area contributed by atoms with Crippen molar-refractivity contribution in [3.05, 3.63) is 35.4 Å². The molecule has 0 bridgehead atoms. The Balaban J connectivity index is 0.00000220. The maximum absolute atomic E-state index is 12.0. The van der Waals surface area contributed by atoms with E-state index in [0.29, 0.717) is 11.1 Å². The summed E-state index contributed by atoms with van der Waals surface area (Å²) in [6.45, 7) is -0.286. The molecule has 0 saturated carbocycles. The van der Waals surface area contributed by atoms with Crippen LogP contribution in [0.5, 0.6) is 0 Å². The summed E-state index contributed by atoms with van der Waals surface area (Å²) in [6, 6.07) is 6.47. The van der Waals surface area contributed by atoms with E-state index in [0.717, 1.165) is 4.90 Å². The van der Waals surface area contributed by atoms with Gasteiger partial charge in [0.1, 0.15) is 0 Å². The molecule has 1 aromatic carbocycles. The number of fused-ring (bicyclic) bond motifs is 1. The molecule has 1 heterocycles. The van der Waals surface area contributed by atoms with E-state index in [1.165, 1.54) is 4.90 Å². The average Bonchev–Trinajstić information content (AvgIpc) is 2.65. The zero-order valence-corrected chi connectivity index (χ0v) is 14.3. The van der Waals surface area contributed by atoms with Gasteiger partial charge in [0.05, 0.1) is 24.2 Å². The van der Waals surface area contributed by atoms with Crippen LogP contribution in [-0.2, 0) is 30.7 Å². The van der Waals surface area contributed by atoms with Gasteiger partial charge in [-0.05, 0) is 19.2 Å². The molecule has 1 aromatic rings. The van der Waals surface area contributed by atoms with Crippen molar-refractivity contribution in [1.82, 2.24) is 9.80 Å². The topological polar surface area (TPSA) is 74.8 Å². The third kappa shape index (κ3) is 3.71. The summed E-state index contributed by atoms with van der Waals surface area (Å²) >= 11 is 0. The Labute approximate surface area is 136 Å². The maximum Gasteiger partial charge on any atom is 0.261 e. The minimum Gasteiger partial charge on any atom is -0.541 e. The molecule has 0 spiro atoms. The van der Waals surface area contributed by atoms with Crippen LogP contribution in [0.3, 0.4) is 0 Å². The van der Waals surface area contributed by atoms with Crippen molar-refractivity contribution in [1.29, 1.82) is 0 Å². The predicted molar refractivity (Wildman–Crippen MR) is 70.0 cm³/mol. The summed E-state index contributed by atoms with van der Waals surface area (Å²) in [4.78, 5) is 48.5. The fourth-order valence-electron chi connectivity index (χ4n) is 2.08. The molecule has 1 aliphatic rings. The number of carbonyl (C=O) groups is 3. The molecule has 0 aliphatic carbocycles. The normalized spacial score (nSPS) is 13.1. The Kier molecular flexibility index (Phi) is 6.12. The molecular formula is C14H13N2O4W-. The number of imide groups is 1. The SMILES string of the molecule is CN(C[C-]=O)CC(=O)CN1C(=O)c2ccccc2C1=O.[W]. The summed E-state index contributed by atoms with van der Waals surface area (Å²) in [5, 5.41) is 0. The number of hydrogen-bond donors (Lipinski definition) is 0. The molecule has 2 rings (SSSR count). The molecule has 110 valence electrons. The van der Waals surface area contributed by atoms with Crippen LogP contribution in [0.15, 0.2) is 24.3 Å². The summed E-state index contributed by atoms with van der Waals surface area (Å²) in [6.07, 6.45) is 1.67. The Hall–Kier alpha value is -1.65. The van der Waals surface area contributed by atoms with Crippen molar-refractivity contribution in [2.24, 2.45) is 0 Å². The van der Waals surface area contributed by atoms with E-state index in [4.69, 9.17) is 0 Å². The Morgan fingerprint density at radius 3 is 2.19 bits per heavy atom. The number of rotatable bonds is 6. The molecule has 1 aliphatic heterocycles. The van der Waals surface area contributed by atoms with E-state index >= 15 is 0 Å². The standard InChI is InChI=1S/C14H13N2O4.W/c1-15(6-7-17)8-10(18)9-16-13(19)11-4-2-3-5-12(11)14(16)20;/h2-5H,6,8-9H2,1H3;/q-1;. The molecule has 0 unspecified atom stereocenters. The molecule has 2 amide bonds. The predicted octanol–water partition coefficient (Wildman–Crippen LogP) is -0.109. The first-order valence-electron chi connectivity index (χ1n) is 6.05. The second-order valence-electron chi connectivity index (χ2n) is 4.60. The van der Waals surface area contributed by atoms with Gasteiger partial charge in [-0.15, -0.1) is 0 Å². The second-order valence-corrected chi connectivity index (χ2v) is 4.60. The molecule has 0 fully saturated rings. The van der Waals surface area contributed by atoms with Crippen molar-refractivity contribution in [3.8, 4) is 0 Å². The van der Waals surface area contributed by atoms with Crippen molar-refractivity contribution >= 4 is 23.9 Å². The van der Waals surface area contributed by atoms with Gasteiger partial charge in [-0.3, -0.25) is 19.3 Å². The third-order valence-electron chi connectivity index (χ3n) is 2.99. The second kappa shape index (κ2) is 7.38. The van der Waals surface area contributed by atoms with Gasteiger partial charge in [0.15, 0.2) is 5.78 Å². The van der Waals surface area contributed by atoms with Gasteiger partial charge in [-0.2, -0.15) is 0 Å². The van der Waals surface area contributed by atoms with Crippen molar-refractivity contribution in [3.63, 3.8) is 0 Å². The van der Waals surface area contributed by atoms with Gasteiger partial charge in [0, 0.05) is 21.1 Å². The first kappa shape index (κ1) is 17.4. The van der Waals surface area contributed by atoms with Gasteiger partial charge in [-0.1, -0.05) is 18.7 Å². The monoisotopic (exact) mass is 457 g/mol. The van der Waals surface area contributed by atoms with Gasteiger partial charge < -0.3 is 9.69 Å². The van der Waals surface area contributed by atoms with E-state index in [9.17, 15) is 19.2 Å². The van der Waals surface area contributed by atoms with Crippen LogP contribution in [0.4, 0.5) is 0 Å². The van der Waals surface area contributed by atoms with Crippen LogP contribution in [0.1, 0.15) is 20.7 Å². The van der Waals surface area contributed by atoms with Gasteiger partial charge in [0.25, 0.3) is 11.8 Å². The number of nitrogens with zero attached hydrogens (tertiary/aromatic N) is 2. The summed E-state index contributed by atoms with van der Waals surface area (Å²) < 4.78 is 0. The molecule has 0 aromatic heterocycles. The molecule has 21 heavy (non-hydrogen) atoms. The van der Waals surface area contributed by atoms with Crippen molar-refractivity contribution in [2.75, 3.05) is 26.7 Å². The van der Waals surface area contributed by atoms with E-state index in [2.05, 4.69) is 0 Å². The quantitative estimate of drug-likeness (QED) is 0.441. The molecule has 0 saturated heterocycles. The fourth-order valence-corrected chi connectivity index (χ4v) is 2.08. The first-order chi connectivity index (χ1) is 9.54. The number of carbonyl (C=O) groups excluding carboxylic acids is 4. The molecule has 0 radical (unpaired) electrons. The van der Waals surface area contributed by atoms with E-state index < -0.39 is 11.8 Å². The number of likely N-dealkylation sites (N-methyl/N-ethyl adjacent to an activating group) is 1. The molecule has 0 atom stereocenters. The minimum atomic E-state index is -0.455. The number of amides is 2. The Morgan fingerprint density at radius 2 is 1.71 bits per heavy atom. The summed E-state index contributed by atoms with van der Waals surface area (Å²) in [7, 11) is 1.59. The first-order valence-corrected chi connectivity index (χ1v) is 6.05. The van der Waals surface area contributed by atoms with Crippen molar-refractivity contribution < 1.29 is 40.2 Å². The van der Waals surface area contributed by atoms with Crippen LogP contribution in [0.2, 0.25) is 0 Å². The number of Topliss-reactive ketones (excluding diaryl/α,β-unsaturated/α-hetero) is 1. The van der Waals surface area contributed by atoms with Crippen LogP contribution in [-0.4, -0.2) is 60.4 Å². The van der Waals surface area contributed by atoms with E-state index in [-0.39, 0.29) is 46.5 Å². The largest absolute Gasteiger partial charge is 0.541 e. The number of hydrogen-bond acceptors (Lipinski definition) is 5. The van der Waals surface area contributed by atoms with E-state index in [1.54, 1.807) is 37.6 Å². The van der Waals surface area contributed by atoms with Crippen LogP contribution in [0, 0.1) is 0 Å². The van der Waals surface area contributed by atoms with Gasteiger partial charge in [0.2, 0.25) is 0 Å². The number of benzene rings is 1. The van der Waals surface area contributed by atoms with Gasteiger partial charge >= 0.3 is 0 Å². The molecule has 0 N–H and O–H groups in total. The van der Waals surface area contributed by atoms with E-state index in [1.807, 2.05) is 0 Å². The zero-order valence-electron chi connectivity index (χ0n) is 11.4. The van der Waals surface area contributed by atoms with Crippen LogP contribution < -0.4 is 0 Å². The summed E-state index contributed by atoms with van der Waals surface area (Å²) in [5.74, 6) is -1.22. The summed E-state index contributed by atoms with van der Waals surface area (Å²) in [5.41, 5.74) is 0.639. The van der Waals surface area contributed by atoms with Crippen molar-refractivity contribution in [2.45, 2.75) is 0 Å². The van der Waals surface area contributed by atoms with Crippen LogP contribution >= 0.6 is 0 Å². The third-order valence-corrected chi connectivity index (χ3v) is 2.99. The van der Waals surface area contributed by atoms with Gasteiger partial charge in [-0.25, -0.2) is 6.29 Å². The molecular weight excluding hydrogens is 444 g/mol. The number of ketones is 1. The Bertz CT molecular complexity index is 553. The van der Waals surface area contributed by atoms with Crippen LogP contribution in [0.25, 0.3) is 0 Å². The molecule has 6 nitrogen and oxygen atoms in total. The Morgan fingerprint density at radius 1 is 1.19 bits per heavy atom. The zero-order chi connectivity index (χ0) is 14.7. The molecule has 7 heteroatoms. The minimum absolute atomic E-state index is 0. The maximum atomic E-state index is 12.0. The average molecular weight is 457 g/mol. The fraction of sp³-hybridized carbons (Fsp3) is 0.286.